The Morgan fingerprint density at radius 1 is 1.44 bits per heavy atom. The van der Waals surface area contributed by atoms with Crippen molar-refractivity contribution in [1.29, 1.82) is 0 Å². The first-order chi connectivity index (χ1) is 12.0. The molecule has 1 saturated heterocycles. The van der Waals surface area contributed by atoms with Crippen molar-refractivity contribution in [2.24, 2.45) is 5.92 Å². The second kappa shape index (κ2) is 7.65. The van der Waals surface area contributed by atoms with E-state index in [2.05, 4.69) is 15.2 Å². The van der Waals surface area contributed by atoms with Crippen LogP contribution in [0, 0.1) is 5.92 Å². The van der Waals surface area contributed by atoms with Gasteiger partial charge in [0.15, 0.2) is 0 Å². The van der Waals surface area contributed by atoms with Gasteiger partial charge >= 0.3 is 0 Å². The number of aliphatic hydroxyl groups is 3. The van der Waals surface area contributed by atoms with Gasteiger partial charge in [-0.3, -0.25) is 4.79 Å². The monoisotopic (exact) mass is 351 g/mol. The first-order valence-corrected chi connectivity index (χ1v) is 8.60. The molecule has 1 saturated carbocycles. The third kappa shape index (κ3) is 3.92. The zero-order chi connectivity index (χ0) is 18.0. The molecule has 0 aromatic carbocycles. The SMILES string of the molecule is CC1CN(c2cc(C(=O)N[C@@H]3C[C@H](CO)[C@@H](O)[C@H]3O)ccn2)CCO1. The third-order valence-electron chi connectivity index (χ3n) is 4.93. The van der Waals surface area contributed by atoms with Crippen molar-refractivity contribution in [3.05, 3.63) is 23.9 Å². The summed E-state index contributed by atoms with van der Waals surface area (Å²) in [6.45, 7) is 3.82. The van der Waals surface area contributed by atoms with E-state index in [0.29, 0.717) is 37.5 Å². The van der Waals surface area contributed by atoms with Crippen molar-refractivity contribution >= 4 is 11.7 Å². The van der Waals surface area contributed by atoms with Crippen molar-refractivity contribution < 1.29 is 24.9 Å². The van der Waals surface area contributed by atoms with E-state index in [1.165, 1.54) is 0 Å². The normalized spacial score (nSPS) is 32.6. The minimum Gasteiger partial charge on any atom is -0.396 e. The second-order valence-corrected chi connectivity index (χ2v) is 6.77. The van der Waals surface area contributed by atoms with Gasteiger partial charge in [0.1, 0.15) is 11.9 Å². The van der Waals surface area contributed by atoms with E-state index < -0.39 is 24.2 Å². The summed E-state index contributed by atoms with van der Waals surface area (Å²) in [5.41, 5.74) is 0.443. The molecule has 1 aromatic heterocycles. The van der Waals surface area contributed by atoms with E-state index in [1.54, 1.807) is 18.3 Å². The Kier molecular flexibility index (Phi) is 5.53. The molecule has 1 aliphatic carbocycles. The maximum Gasteiger partial charge on any atom is 0.251 e. The van der Waals surface area contributed by atoms with Crippen LogP contribution >= 0.6 is 0 Å². The lowest BCUT2D eigenvalue weighted by Crippen LogP contribution is -2.43. The maximum atomic E-state index is 12.5. The number of nitrogens with one attached hydrogen (secondary N) is 1. The summed E-state index contributed by atoms with van der Waals surface area (Å²) in [6, 6.07) is 2.75. The highest BCUT2D eigenvalue weighted by molar-refractivity contribution is 5.95. The molecule has 2 fully saturated rings. The Morgan fingerprint density at radius 3 is 2.92 bits per heavy atom. The van der Waals surface area contributed by atoms with Crippen LogP contribution in [-0.4, -0.2) is 76.9 Å². The molecular formula is C17H25N3O5. The van der Waals surface area contributed by atoms with E-state index in [0.717, 1.165) is 0 Å². The summed E-state index contributed by atoms with van der Waals surface area (Å²) < 4.78 is 5.52. The van der Waals surface area contributed by atoms with Crippen LogP contribution < -0.4 is 10.2 Å². The Morgan fingerprint density at radius 2 is 2.24 bits per heavy atom. The zero-order valence-corrected chi connectivity index (χ0v) is 14.2. The number of carbonyl (C=O) groups excluding carboxylic acids is 1. The molecule has 8 heteroatoms. The lowest BCUT2D eigenvalue weighted by molar-refractivity contribution is 0.000136. The number of rotatable bonds is 4. The molecule has 1 amide bonds. The van der Waals surface area contributed by atoms with Gasteiger partial charge in [0.05, 0.1) is 24.9 Å². The van der Waals surface area contributed by atoms with Crippen LogP contribution in [0.25, 0.3) is 0 Å². The molecule has 0 bridgehead atoms. The molecule has 0 radical (unpaired) electrons. The van der Waals surface area contributed by atoms with Crippen molar-refractivity contribution in [3.63, 3.8) is 0 Å². The van der Waals surface area contributed by atoms with Crippen LogP contribution in [0.3, 0.4) is 0 Å². The Balaban J connectivity index is 1.67. The van der Waals surface area contributed by atoms with Gasteiger partial charge in [-0.1, -0.05) is 0 Å². The second-order valence-electron chi connectivity index (χ2n) is 6.77. The number of pyridine rings is 1. The van der Waals surface area contributed by atoms with Crippen molar-refractivity contribution in [3.8, 4) is 0 Å². The number of anilines is 1. The first kappa shape index (κ1) is 18.1. The van der Waals surface area contributed by atoms with Crippen LogP contribution in [0.5, 0.6) is 0 Å². The third-order valence-corrected chi connectivity index (χ3v) is 4.93. The predicted octanol–water partition coefficient (Wildman–Crippen LogP) is -0.861. The molecule has 25 heavy (non-hydrogen) atoms. The zero-order valence-electron chi connectivity index (χ0n) is 14.2. The van der Waals surface area contributed by atoms with Gasteiger partial charge in [-0.05, 0) is 25.5 Å². The fraction of sp³-hybridized carbons (Fsp3) is 0.647. The van der Waals surface area contributed by atoms with Gasteiger partial charge in [-0.15, -0.1) is 0 Å². The number of aromatic nitrogens is 1. The van der Waals surface area contributed by atoms with Crippen LogP contribution in [0.1, 0.15) is 23.7 Å². The molecule has 138 valence electrons. The molecule has 2 heterocycles. The molecule has 1 aromatic rings. The van der Waals surface area contributed by atoms with Crippen LogP contribution in [0.2, 0.25) is 0 Å². The van der Waals surface area contributed by atoms with E-state index in [4.69, 9.17) is 4.74 Å². The molecule has 0 spiro atoms. The molecule has 1 aliphatic heterocycles. The van der Waals surface area contributed by atoms with Gasteiger partial charge in [-0.2, -0.15) is 0 Å². The average molecular weight is 351 g/mol. The minimum atomic E-state index is -1.08. The van der Waals surface area contributed by atoms with Gasteiger partial charge < -0.3 is 30.3 Å². The number of ether oxygens (including phenoxy) is 1. The number of aliphatic hydroxyl groups excluding tert-OH is 3. The van der Waals surface area contributed by atoms with Crippen molar-refractivity contribution in [2.75, 3.05) is 31.2 Å². The van der Waals surface area contributed by atoms with E-state index in [-0.39, 0.29) is 18.6 Å². The molecular weight excluding hydrogens is 326 g/mol. The summed E-state index contributed by atoms with van der Waals surface area (Å²) in [5.74, 6) is -0.0500. The van der Waals surface area contributed by atoms with Gasteiger partial charge in [0.25, 0.3) is 5.91 Å². The highest BCUT2D eigenvalue weighted by atomic mass is 16.5. The smallest absolute Gasteiger partial charge is 0.251 e. The van der Waals surface area contributed by atoms with Gasteiger partial charge in [-0.25, -0.2) is 4.98 Å². The van der Waals surface area contributed by atoms with Gasteiger partial charge in [0, 0.05) is 37.4 Å². The lowest BCUT2D eigenvalue weighted by Gasteiger charge is -2.32. The molecule has 8 nitrogen and oxygen atoms in total. The van der Waals surface area contributed by atoms with Gasteiger partial charge in [0.2, 0.25) is 0 Å². The topological polar surface area (TPSA) is 115 Å². The summed E-state index contributed by atoms with van der Waals surface area (Å²) in [4.78, 5) is 18.9. The largest absolute Gasteiger partial charge is 0.396 e. The first-order valence-electron chi connectivity index (χ1n) is 8.60. The number of hydrogen-bond donors (Lipinski definition) is 4. The number of amides is 1. The molecule has 1 unspecified atom stereocenters. The summed E-state index contributed by atoms with van der Waals surface area (Å²) >= 11 is 0. The summed E-state index contributed by atoms with van der Waals surface area (Å²) in [5, 5.41) is 31.9. The molecule has 2 aliphatic rings. The van der Waals surface area contributed by atoms with Crippen LogP contribution in [0.4, 0.5) is 5.82 Å². The molecule has 5 atom stereocenters. The highest BCUT2D eigenvalue weighted by Gasteiger charge is 2.41. The standard InChI is InChI=1S/C17H25N3O5/c1-10-8-20(4-5-25-10)14-7-11(2-3-18-14)17(24)19-13-6-12(9-21)15(22)16(13)23/h2-3,7,10,12-13,15-16,21-23H,4-6,8-9H2,1H3,(H,19,24)/t10?,12-,13-,15-,16+/m1/s1. The van der Waals surface area contributed by atoms with Crippen LogP contribution in [0.15, 0.2) is 18.3 Å². The number of hydrogen-bond acceptors (Lipinski definition) is 7. The molecule has 4 N–H and O–H groups in total. The fourth-order valence-electron chi connectivity index (χ4n) is 3.46. The lowest BCUT2D eigenvalue weighted by atomic mass is 10.1. The summed E-state index contributed by atoms with van der Waals surface area (Å²) in [7, 11) is 0. The Bertz CT molecular complexity index is 614. The van der Waals surface area contributed by atoms with Crippen LogP contribution in [-0.2, 0) is 4.74 Å². The molecule has 3 rings (SSSR count). The summed E-state index contributed by atoms with van der Waals surface area (Å²) in [6.07, 6.45) is -0.0798. The number of carbonyl (C=O) groups is 1. The van der Waals surface area contributed by atoms with Crippen molar-refractivity contribution in [2.45, 2.75) is 37.7 Å². The maximum absolute atomic E-state index is 12.5. The quantitative estimate of drug-likeness (QED) is 0.558. The highest BCUT2D eigenvalue weighted by Crippen LogP contribution is 2.26. The minimum absolute atomic E-state index is 0.110. The predicted molar refractivity (Wildman–Crippen MR) is 90.3 cm³/mol. The fourth-order valence-corrected chi connectivity index (χ4v) is 3.46. The van der Waals surface area contributed by atoms with E-state index >= 15 is 0 Å². The Labute approximate surface area is 146 Å². The number of nitrogens with zero attached hydrogens (tertiary/aromatic N) is 2. The van der Waals surface area contributed by atoms with E-state index in [1.807, 2.05) is 6.92 Å². The van der Waals surface area contributed by atoms with Crippen molar-refractivity contribution in [1.82, 2.24) is 10.3 Å². The number of morpholine rings is 1. The Hall–Kier alpha value is -1.74. The van der Waals surface area contributed by atoms with E-state index in [9.17, 15) is 20.1 Å². The average Bonchev–Trinajstić information content (AvgIpc) is 2.89.